The molecule has 1 aromatic carbocycles. The fourth-order valence-corrected chi connectivity index (χ4v) is 0.455. The minimum atomic E-state index is -2.53. The molecule has 1 nitrogen and oxygen atoms in total. The lowest BCUT2D eigenvalue weighted by Gasteiger charge is -1.97. The molecule has 0 bridgehead atoms. The summed E-state index contributed by atoms with van der Waals surface area (Å²) in [5, 5.41) is 0. The van der Waals surface area contributed by atoms with Gasteiger partial charge in [0.1, 0.15) is 6.07 Å². The zero-order chi connectivity index (χ0) is 13.4. The first-order valence-electron chi connectivity index (χ1n) is 6.01. The van der Waals surface area contributed by atoms with Crippen molar-refractivity contribution in [3.05, 3.63) is 35.8 Å². The fourth-order valence-electron chi connectivity index (χ4n) is 0.400. The van der Waals surface area contributed by atoms with Crippen LogP contribution in [0.1, 0.15) is 15.2 Å². The Morgan fingerprint density at radius 1 is 1.50 bits per heavy atom. The quantitative estimate of drug-likeness (QED) is 0.622. The molecule has 10 heavy (non-hydrogen) atoms. The molecule has 0 fully saturated rings. The fraction of sp³-hybridized carbons (Fsp3) is 0.250. The van der Waals surface area contributed by atoms with Gasteiger partial charge in [0.25, 0.3) is 0 Å². The van der Waals surface area contributed by atoms with Crippen LogP contribution in [0.15, 0.2) is 30.2 Å². The van der Waals surface area contributed by atoms with Gasteiger partial charge in [-0.3, -0.25) is 0 Å². The van der Waals surface area contributed by atoms with Crippen molar-refractivity contribution in [2.45, 2.75) is 6.56 Å². The van der Waals surface area contributed by atoms with Gasteiger partial charge in [-0.2, -0.15) is 0 Å². The second-order valence-corrected chi connectivity index (χ2v) is 1.57. The van der Waals surface area contributed by atoms with Gasteiger partial charge < -0.3 is 4.74 Å². The lowest BCUT2D eigenvalue weighted by molar-refractivity contribution is 0.165. The van der Waals surface area contributed by atoms with Crippen LogP contribution < -0.4 is 0 Å². The van der Waals surface area contributed by atoms with E-state index in [1.807, 2.05) is 0 Å². The van der Waals surface area contributed by atoms with E-state index < -0.39 is 48.4 Å². The van der Waals surface area contributed by atoms with Crippen LogP contribution in [-0.2, 0) is 11.3 Å². The van der Waals surface area contributed by atoms with Crippen molar-refractivity contribution in [1.82, 2.24) is 0 Å². The highest BCUT2D eigenvalue weighted by Crippen LogP contribution is 2.00. The van der Waals surface area contributed by atoms with Gasteiger partial charge in [0.15, 0.2) is 0 Å². The minimum Gasteiger partial charge on any atom is -0.361 e. The molecule has 0 saturated heterocycles. The molecule has 0 atom stereocenters. The average molecular weight is 164 g/mol. The van der Waals surface area contributed by atoms with Crippen molar-refractivity contribution in [2.75, 3.05) is 6.07 Å². The Kier molecular flexibility index (Phi) is 1.08. The maximum absolute atomic E-state index is 7.53. The molecule has 0 aliphatic rings. The SMILES string of the molecule is [2H]c1c([2H])c([2H])c(C([2H])([2H])OCCl)c([2H])c1[2H]. The highest BCUT2D eigenvalue weighted by Gasteiger charge is 1.87. The zero-order valence-corrected chi connectivity index (χ0v) is 5.75. The monoisotopic (exact) mass is 163 g/mol. The molecule has 0 aromatic heterocycles. The van der Waals surface area contributed by atoms with Crippen molar-refractivity contribution in [2.24, 2.45) is 0 Å². The molecule has 1 rings (SSSR count). The van der Waals surface area contributed by atoms with Gasteiger partial charge in [-0.25, -0.2) is 0 Å². The van der Waals surface area contributed by atoms with Gasteiger partial charge in [-0.15, -0.1) is 0 Å². The molecule has 0 amide bonds. The van der Waals surface area contributed by atoms with Gasteiger partial charge in [0.2, 0.25) is 0 Å². The third kappa shape index (κ3) is 2.38. The smallest absolute Gasteiger partial charge is 0.121 e. The van der Waals surface area contributed by atoms with Crippen molar-refractivity contribution in [3.8, 4) is 0 Å². The summed E-state index contributed by atoms with van der Waals surface area (Å²) in [6.07, 6.45) is 0. The highest BCUT2D eigenvalue weighted by molar-refractivity contribution is 6.17. The molecule has 2 heteroatoms. The predicted octanol–water partition coefficient (Wildman–Crippen LogP) is 2.40. The van der Waals surface area contributed by atoms with Gasteiger partial charge in [-0.05, 0) is 5.56 Å². The maximum Gasteiger partial charge on any atom is 0.121 e. The van der Waals surface area contributed by atoms with E-state index in [0.29, 0.717) is 0 Å². The van der Waals surface area contributed by atoms with E-state index in [4.69, 9.17) is 21.2 Å². The van der Waals surface area contributed by atoms with Crippen LogP contribution in [0.4, 0.5) is 0 Å². The Morgan fingerprint density at radius 3 is 2.80 bits per heavy atom. The number of hydrogen-bond donors (Lipinski definition) is 0. The molecule has 0 radical (unpaired) electrons. The van der Waals surface area contributed by atoms with E-state index >= 15 is 0 Å². The summed E-state index contributed by atoms with van der Waals surface area (Å²) in [5.74, 6) is 0. The van der Waals surface area contributed by atoms with E-state index in [9.17, 15) is 0 Å². The Bertz CT molecular complexity index is 419. The van der Waals surface area contributed by atoms with Crippen molar-refractivity contribution >= 4 is 11.6 Å². The number of hydrogen-bond acceptors (Lipinski definition) is 1. The second-order valence-electron chi connectivity index (χ2n) is 1.36. The summed E-state index contributed by atoms with van der Waals surface area (Å²) in [6, 6.07) is -3.55. The van der Waals surface area contributed by atoms with Crippen LogP contribution in [0.3, 0.4) is 0 Å². The molecular weight excluding hydrogens is 148 g/mol. The minimum absolute atomic E-state index is 0.491. The first-order valence-corrected chi connectivity index (χ1v) is 3.04. The number of halogens is 1. The van der Waals surface area contributed by atoms with Gasteiger partial charge in [-0.1, -0.05) is 41.8 Å². The molecule has 0 N–H and O–H groups in total. The topological polar surface area (TPSA) is 9.23 Å². The Labute approximate surface area is 75.4 Å². The normalized spacial score (nSPS) is 21.1. The molecule has 0 aliphatic heterocycles. The van der Waals surface area contributed by atoms with Gasteiger partial charge in [0, 0.05) is 0 Å². The summed E-state index contributed by atoms with van der Waals surface area (Å²) in [7, 11) is 0. The third-order valence-corrected chi connectivity index (χ3v) is 0.838. The van der Waals surface area contributed by atoms with Crippen LogP contribution in [0.5, 0.6) is 0 Å². The summed E-state index contributed by atoms with van der Waals surface area (Å²) in [4.78, 5) is 0. The van der Waals surface area contributed by atoms with Crippen LogP contribution >= 0.6 is 11.6 Å². The first-order chi connectivity index (χ1) is 7.74. The summed E-state index contributed by atoms with van der Waals surface area (Å²) < 4.78 is 56.8. The number of ether oxygens (including phenoxy) is 1. The molecular formula is C8H9ClO. The molecule has 1 aromatic rings. The molecule has 0 spiro atoms. The Morgan fingerprint density at radius 2 is 2.20 bits per heavy atom. The lowest BCUT2D eigenvalue weighted by Crippen LogP contribution is -1.88. The summed E-state index contributed by atoms with van der Waals surface area (Å²) in [6.45, 7) is -2.53. The van der Waals surface area contributed by atoms with Crippen LogP contribution in [0, 0.1) is 0 Å². The Balaban J connectivity index is 3.54. The van der Waals surface area contributed by atoms with Crippen molar-refractivity contribution < 1.29 is 14.3 Å². The van der Waals surface area contributed by atoms with E-state index in [1.165, 1.54) is 0 Å². The van der Waals surface area contributed by atoms with Crippen molar-refractivity contribution in [1.29, 1.82) is 0 Å². The molecule has 0 unspecified atom stereocenters. The summed E-state index contributed by atoms with van der Waals surface area (Å²) >= 11 is 5.24. The average Bonchev–Trinajstić information content (AvgIpc) is 2.23. The van der Waals surface area contributed by atoms with Crippen molar-refractivity contribution in [3.63, 3.8) is 0 Å². The second kappa shape index (κ2) is 4.31. The third-order valence-electron chi connectivity index (χ3n) is 0.729. The zero-order valence-electron chi connectivity index (χ0n) is 12.0. The van der Waals surface area contributed by atoms with E-state index in [0.717, 1.165) is 0 Å². The standard InChI is InChI=1S/C8H9ClO/c9-7-10-6-8-4-2-1-3-5-8/h1-5H,6-7H2/i1D,2D,3D,4D,5D,6D2. The summed E-state index contributed by atoms with van der Waals surface area (Å²) in [5.41, 5.74) is -0.552. The number of benzene rings is 1. The number of rotatable bonds is 3. The molecule has 54 valence electrons. The van der Waals surface area contributed by atoms with E-state index in [-0.39, 0.29) is 0 Å². The van der Waals surface area contributed by atoms with Crippen LogP contribution in [0.25, 0.3) is 0 Å². The van der Waals surface area contributed by atoms with Crippen LogP contribution in [-0.4, -0.2) is 6.07 Å². The highest BCUT2D eigenvalue weighted by atomic mass is 35.5. The maximum atomic E-state index is 7.53. The van der Waals surface area contributed by atoms with Gasteiger partial charge in [0.05, 0.1) is 16.2 Å². The lowest BCUT2D eigenvalue weighted by atomic mass is 10.2. The van der Waals surface area contributed by atoms with E-state index in [1.54, 1.807) is 0 Å². The number of alkyl halides is 1. The first kappa shape index (κ1) is 2.50. The largest absolute Gasteiger partial charge is 0.361 e. The van der Waals surface area contributed by atoms with Gasteiger partial charge >= 0.3 is 0 Å². The molecule has 0 aliphatic carbocycles. The van der Waals surface area contributed by atoms with Crippen LogP contribution in [0.2, 0.25) is 0 Å². The molecule has 0 heterocycles. The van der Waals surface area contributed by atoms with E-state index in [2.05, 4.69) is 4.74 Å². The predicted molar refractivity (Wildman–Crippen MR) is 42.0 cm³/mol. The molecule has 0 saturated carbocycles. The Hall–Kier alpha value is -0.530.